The molecule has 1 aromatic carbocycles. The first-order chi connectivity index (χ1) is 7.36. The molecule has 0 aliphatic rings. The highest BCUT2D eigenvalue weighted by atomic mass is 16.3. The van der Waals surface area contributed by atoms with Crippen molar-refractivity contribution in [3.05, 3.63) is 36.0 Å². The van der Waals surface area contributed by atoms with E-state index in [1.165, 1.54) is 0 Å². The number of rotatable bonds is 4. The lowest BCUT2D eigenvalue weighted by atomic mass is 10.2. The molecule has 0 amide bonds. The number of aliphatic hydroxyl groups is 1. The molecule has 0 radical (unpaired) electrons. The zero-order valence-electron chi connectivity index (χ0n) is 8.39. The molecule has 1 heterocycles. The van der Waals surface area contributed by atoms with Gasteiger partial charge in [0.15, 0.2) is 6.29 Å². The Balaban J connectivity index is 2.50. The van der Waals surface area contributed by atoms with E-state index < -0.39 is 0 Å². The van der Waals surface area contributed by atoms with Crippen LogP contribution in [0.4, 0.5) is 0 Å². The predicted molar refractivity (Wildman–Crippen MR) is 59.0 cm³/mol. The van der Waals surface area contributed by atoms with E-state index in [1.807, 2.05) is 35.0 Å². The lowest BCUT2D eigenvalue weighted by Gasteiger charge is -2.02. The monoisotopic (exact) mass is 203 g/mol. The van der Waals surface area contributed by atoms with Gasteiger partial charge >= 0.3 is 0 Å². The van der Waals surface area contributed by atoms with Crippen molar-refractivity contribution in [3.8, 4) is 0 Å². The van der Waals surface area contributed by atoms with E-state index in [4.69, 9.17) is 5.11 Å². The highest BCUT2D eigenvalue weighted by Gasteiger charge is 2.05. The summed E-state index contributed by atoms with van der Waals surface area (Å²) in [6.07, 6.45) is 3.42. The average molecular weight is 203 g/mol. The van der Waals surface area contributed by atoms with Gasteiger partial charge < -0.3 is 9.67 Å². The van der Waals surface area contributed by atoms with Gasteiger partial charge in [-0.2, -0.15) is 0 Å². The van der Waals surface area contributed by atoms with Crippen LogP contribution in [0.1, 0.15) is 16.8 Å². The van der Waals surface area contributed by atoms with E-state index in [-0.39, 0.29) is 6.61 Å². The summed E-state index contributed by atoms with van der Waals surface area (Å²) in [6.45, 7) is 0.910. The first kappa shape index (κ1) is 9.93. The maximum atomic E-state index is 10.8. The lowest BCUT2D eigenvalue weighted by molar-refractivity contribution is 0.112. The smallest absolute Gasteiger partial charge is 0.152 e. The number of para-hydroxylation sites is 1. The molecule has 2 rings (SSSR count). The second kappa shape index (κ2) is 4.28. The molecule has 1 N–H and O–H groups in total. The Kier molecular flexibility index (Phi) is 2.83. The van der Waals surface area contributed by atoms with Crippen molar-refractivity contribution in [1.29, 1.82) is 0 Å². The van der Waals surface area contributed by atoms with Crippen LogP contribution >= 0.6 is 0 Å². The van der Waals surface area contributed by atoms with Gasteiger partial charge in [-0.15, -0.1) is 0 Å². The Labute approximate surface area is 87.9 Å². The van der Waals surface area contributed by atoms with Gasteiger partial charge in [-0.1, -0.05) is 18.2 Å². The Morgan fingerprint density at radius 2 is 2.13 bits per heavy atom. The minimum absolute atomic E-state index is 0.170. The SMILES string of the molecule is O=Cc1cn(CCCO)c2ccccc12. The number of carbonyl (C=O) groups is 1. The first-order valence-corrected chi connectivity index (χ1v) is 5.00. The Hall–Kier alpha value is -1.61. The predicted octanol–water partition coefficient (Wildman–Crippen LogP) is 1.84. The third-order valence-corrected chi connectivity index (χ3v) is 2.50. The molecule has 0 fully saturated rings. The number of benzene rings is 1. The normalized spacial score (nSPS) is 10.7. The number of hydrogen-bond donors (Lipinski definition) is 1. The maximum absolute atomic E-state index is 10.8. The summed E-state index contributed by atoms with van der Waals surface area (Å²) in [5.41, 5.74) is 1.76. The number of hydrogen-bond acceptors (Lipinski definition) is 2. The minimum atomic E-state index is 0.170. The molecular formula is C12H13NO2. The van der Waals surface area contributed by atoms with E-state index in [2.05, 4.69) is 0 Å². The van der Waals surface area contributed by atoms with E-state index in [1.54, 1.807) is 0 Å². The topological polar surface area (TPSA) is 42.2 Å². The van der Waals surface area contributed by atoms with Crippen molar-refractivity contribution in [2.24, 2.45) is 0 Å². The average Bonchev–Trinajstić information content (AvgIpc) is 2.65. The Bertz CT molecular complexity index is 473. The lowest BCUT2D eigenvalue weighted by Crippen LogP contribution is -1.97. The molecule has 2 aromatic rings. The molecule has 0 unspecified atom stereocenters. The van der Waals surface area contributed by atoms with E-state index in [0.29, 0.717) is 12.0 Å². The quantitative estimate of drug-likeness (QED) is 0.770. The van der Waals surface area contributed by atoms with Crippen LogP contribution in [0.3, 0.4) is 0 Å². The standard InChI is InChI=1S/C12H13NO2/c14-7-3-6-13-8-10(9-15)11-4-1-2-5-12(11)13/h1-2,4-5,8-9,14H,3,6-7H2. The Morgan fingerprint density at radius 3 is 2.87 bits per heavy atom. The first-order valence-electron chi connectivity index (χ1n) is 5.00. The van der Waals surface area contributed by atoms with Crippen LogP contribution in [-0.4, -0.2) is 22.6 Å². The molecule has 3 nitrogen and oxygen atoms in total. The van der Waals surface area contributed by atoms with E-state index in [9.17, 15) is 4.79 Å². The molecule has 1 aromatic heterocycles. The van der Waals surface area contributed by atoms with Gasteiger partial charge in [-0.25, -0.2) is 0 Å². The van der Waals surface area contributed by atoms with Gasteiger partial charge in [0.05, 0.1) is 0 Å². The van der Waals surface area contributed by atoms with Crippen LogP contribution in [-0.2, 0) is 6.54 Å². The summed E-state index contributed by atoms with van der Waals surface area (Å²) in [6, 6.07) is 7.80. The summed E-state index contributed by atoms with van der Waals surface area (Å²) >= 11 is 0. The number of aldehydes is 1. The number of aromatic nitrogens is 1. The third-order valence-electron chi connectivity index (χ3n) is 2.50. The van der Waals surface area contributed by atoms with Crippen LogP contribution in [0.2, 0.25) is 0 Å². The summed E-state index contributed by atoms with van der Waals surface area (Å²) in [5, 5.41) is 9.76. The molecule has 0 atom stereocenters. The van der Waals surface area contributed by atoms with Gasteiger partial charge in [-0.05, 0) is 12.5 Å². The van der Waals surface area contributed by atoms with Crippen LogP contribution in [0.15, 0.2) is 30.5 Å². The molecule has 0 aliphatic carbocycles. The molecule has 0 saturated carbocycles. The van der Waals surface area contributed by atoms with Crippen molar-refractivity contribution in [2.75, 3.05) is 6.61 Å². The molecule has 3 heteroatoms. The number of nitrogens with zero attached hydrogens (tertiary/aromatic N) is 1. The van der Waals surface area contributed by atoms with E-state index in [0.717, 1.165) is 23.7 Å². The van der Waals surface area contributed by atoms with E-state index >= 15 is 0 Å². The maximum Gasteiger partial charge on any atom is 0.152 e. The molecule has 78 valence electrons. The van der Waals surface area contributed by atoms with Crippen LogP contribution in [0, 0.1) is 0 Å². The Morgan fingerprint density at radius 1 is 1.33 bits per heavy atom. The zero-order valence-corrected chi connectivity index (χ0v) is 8.39. The van der Waals surface area contributed by atoms with Crippen molar-refractivity contribution in [3.63, 3.8) is 0 Å². The molecule has 0 bridgehead atoms. The van der Waals surface area contributed by atoms with Crippen molar-refractivity contribution in [1.82, 2.24) is 4.57 Å². The van der Waals surface area contributed by atoms with Crippen molar-refractivity contribution >= 4 is 17.2 Å². The molecule has 0 saturated heterocycles. The van der Waals surface area contributed by atoms with Crippen LogP contribution < -0.4 is 0 Å². The molecule has 0 spiro atoms. The second-order valence-electron chi connectivity index (χ2n) is 3.49. The largest absolute Gasteiger partial charge is 0.396 e. The van der Waals surface area contributed by atoms with Gasteiger partial charge in [-0.3, -0.25) is 4.79 Å². The minimum Gasteiger partial charge on any atom is -0.396 e. The summed E-state index contributed by atoms with van der Waals surface area (Å²) in [4.78, 5) is 10.8. The number of aryl methyl sites for hydroxylation is 1. The fourth-order valence-electron chi connectivity index (χ4n) is 1.80. The fourth-order valence-corrected chi connectivity index (χ4v) is 1.80. The third kappa shape index (κ3) is 1.78. The van der Waals surface area contributed by atoms with Gasteiger partial charge in [0.1, 0.15) is 0 Å². The molecule has 0 aliphatic heterocycles. The highest BCUT2D eigenvalue weighted by molar-refractivity contribution is 5.97. The fraction of sp³-hybridized carbons (Fsp3) is 0.250. The number of fused-ring (bicyclic) bond motifs is 1. The van der Waals surface area contributed by atoms with Gasteiger partial charge in [0, 0.05) is 35.8 Å². The van der Waals surface area contributed by atoms with Crippen LogP contribution in [0.5, 0.6) is 0 Å². The van der Waals surface area contributed by atoms with Gasteiger partial charge in [0.2, 0.25) is 0 Å². The number of aliphatic hydroxyl groups excluding tert-OH is 1. The van der Waals surface area contributed by atoms with Gasteiger partial charge in [0.25, 0.3) is 0 Å². The van der Waals surface area contributed by atoms with Crippen molar-refractivity contribution < 1.29 is 9.90 Å². The number of carbonyl (C=O) groups excluding carboxylic acids is 1. The zero-order chi connectivity index (χ0) is 10.7. The summed E-state index contributed by atoms with van der Waals surface area (Å²) < 4.78 is 2.01. The molecule has 15 heavy (non-hydrogen) atoms. The summed E-state index contributed by atoms with van der Waals surface area (Å²) in [7, 11) is 0. The summed E-state index contributed by atoms with van der Waals surface area (Å²) in [5.74, 6) is 0. The second-order valence-corrected chi connectivity index (χ2v) is 3.49. The molecular weight excluding hydrogens is 190 g/mol. The highest BCUT2D eigenvalue weighted by Crippen LogP contribution is 2.19. The van der Waals surface area contributed by atoms with Crippen LogP contribution in [0.25, 0.3) is 10.9 Å². The van der Waals surface area contributed by atoms with Crippen molar-refractivity contribution in [2.45, 2.75) is 13.0 Å².